The number of amides is 2. The fourth-order valence-corrected chi connectivity index (χ4v) is 7.85. The van der Waals surface area contributed by atoms with Gasteiger partial charge in [0.05, 0.1) is 13.2 Å². The fourth-order valence-electron chi connectivity index (χ4n) is 7.24. The summed E-state index contributed by atoms with van der Waals surface area (Å²) >= 11 is 2.23. The van der Waals surface area contributed by atoms with Crippen LogP contribution in [0.3, 0.4) is 0 Å². The van der Waals surface area contributed by atoms with E-state index in [0.29, 0.717) is 0 Å². The zero-order valence-corrected chi connectivity index (χ0v) is 27.0. The third-order valence-corrected chi connectivity index (χ3v) is 9.86. The Bertz CT molecular complexity index is 1570. The molecule has 1 aliphatic carbocycles. The van der Waals surface area contributed by atoms with Gasteiger partial charge in [0.1, 0.15) is 29.8 Å². The number of halogens is 1. The maximum Gasteiger partial charge on any atom is 0.327 e. The van der Waals surface area contributed by atoms with Crippen molar-refractivity contribution in [2.45, 2.75) is 55.6 Å². The standard InChI is InChI=1S/C34H34IN3O8/c35-24-13-7-8-21(18-24)20-38-29-31(41)43-25-19-33(29,32(42)37-15-14-26(40)36-16-17-39)30(46-38)28-27(25)44-34(45-28,22-9-3-1-4-10-22)23-11-5-2-6-12-23/h1-13,18,25,27-30,39H,14-17,19-20H2,(H,36,40)(H,37,42)/t25-,27+,28+,29+,30-,33+/m1/s1. The lowest BCUT2D eigenvalue weighted by molar-refractivity contribution is -0.213. The van der Waals surface area contributed by atoms with Gasteiger partial charge in [-0.1, -0.05) is 72.8 Å². The number of aliphatic hydroxyl groups excluding tert-OH is 1. The normalized spacial score (nSPS) is 29.1. The average Bonchev–Trinajstić information content (AvgIpc) is 3.64. The highest BCUT2D eigenvalue weighted by Crippen LogP contribution is 2.59. The number of hydrogen-bond donors (Lipinski definition) is 3. The molecule has 3 aliphatic heterocycles. The van der Waals surface area contributed by atoms with E-state index < -0.39 is 53.5 Å². The van der Waals surface area contributed by atoms with Gasteiger partial charge in [0.25, 0.3) is 0 Å². The summed E-state index contributed by atoms with van der Waals surface area (Å²) in [5.74, 6) is -2.63. The minimum absolute atomic E-state index is 0.00877. The number of aliphatic hydroxyl groups is 1. The molecule has 1 saturated carbocycles. The van der Waals surface area contributed by atoms with Crippen LogP contribution in [0.5, 0.6) is 0 Å². The minimum Gasteiger partial charge on any atom is -0.458 e. The molecule has 3 saturated heterocycles. The van der Waals surface area contributed by atoms with Crippen LogP contribution in [0.4, 0.5) is 0 Å². The Morgan fingerprint density at radius 2 is 1.61 bits per heavy atom. The minimum atomic E-state index is -1.38. The number of fused-ring (bicyclic) bond motifs is 4. The van der Waals surface area contributed by atoms with Crippen LogP contribution < -0.4 is 10.6 Å². The number of benzene rings is 3. The van der Waals surface area contributed by atoms with Crippen LogP contribution in [0, 0.1) is 8.99 Å². The molecule has 2 amide bonds. The molecule has 46 heavy (non-hydrogen) atoms. The summed E-state index contributed by atoms with van der Waals surface area (Å²) in [5, 5.41) is 16.1. The number of hydroxylamine groups is 2. The van der Waals surface area contributed by atoms with Gasteiger partial charge in [0.2, 0.25) is 17.6 Å². The lowest BCUT2D eigenvalue weighted by Crippen LogP contribution is -2.69. The van der Waals surface area contributed by atoms with Gasteiger partial charge in [0.15, 0.2) is 6.04 Å². The van der Waals surface area contributed by atoms with Crippen molar-refractivity contribution in [1.29, 1.82) is 0 Å². The Balaban J connectivity index is 1.27. The summed E-state index contributed by atoms with van der Waals surface area (Å²) in [6.45, 7) is 0.217. The smallest absolute Gasteiger partial charge is 0.327 e. The first-order valence-electron chi connectivity index (χ1n) is 15.4. The van der Waals surface area contributed by atoms with E-state index in [4.69, 9.17) is 24.2 Å². The molecule has 240 valence electrons. The molecule has 0 radical (unpaired) electrons. The molecule has 7 rings (SSSR count). The molecule has 3 N–H and O–H groups in total. The first kappa shape index (κ1) is 31.2. The SMILES string of the molecule is O=C(CCNC(=O)[C@@]12C[C@H]3OC(=O)[C@@H]1N(Cc1cccc(I)c1)O[C@@H]2[C@H]1OC(c2ccccc2)(c2ccccc2)O[C@H]13)NCCO. The Hall–Kier alpha value is -3.40. The summed E-state index contributed by atoms with van der Waals surface area (Å²) in [6, 6.07) is 25.9. The van der Waals surface area contributed by atoms with Gasteiger partial charge in [-0.25, -0.2) is 0 Å². The lowest BCUT2D eigenvalue weighted by Gasteiger charge is -2.48. The molecule has 11 nitrogen and oxygen atoms in total. The Kier molecular flexibility index (Phi) is 8.59. The lowest BCUT2D eigenvalue weighted by atomic mass is 9.62. The van der Waals surface area contributed by atoms with Crippen molar-refractivity contribution in [3.63, 3.8) is 0 Å². The van der Waals surface area contributed by atoms with E-state index in [1.54, 1.807) is 5.06 Å². The number of nitrogens with one attached hydrogen (secondary N) is 2. The largest absolute Gasteiger partial charge is 0.458 e. The van der Waals surface area contributed by atoms with E-state index in [9.17, 15) is 14.4 Å². The summed E-state index contributed by atoms with van der Waals surface area (Å²) < 4.78 is 20.9. The van der Waals surface area contributed by atoms with Crippen molar-refractivity contribution in [2.75, 3.05) is 19.7 Å². The van der Waals surface area contributed by atoms with Crippen LogP contribution in [-0.4, -0.2) is 78.1 Å². The number of hydrogen-bond acceptors (Lipinski definition) is 9. The maximum atomic E-state index is 14.4. The maximum absolute atomic E-state index is 14.4. The number of ether oxygens (including phenoxy) is 3. The third-order valence-electron chi connectivity index (χ3n) is 9.18. The molecule has 6 atom stereocenters. The van der Waals surface area contributed by atoms with Gasteiger partial charge in [-0.3, -0.25) is 19.2 Å². The topological polar surface area (TPSA) is 136 Å². The summed E-state index contributed by atoms with van der Waals surface area (Å²) in [4.78, 5) is 47.2. The second kappa shape index (κ2) is 12.7. The average molecular weight is 740 g/mol. The van der Waals surface area contributed by atoms with Crippen LogP contribution in [0.1, 0.15) is 29.5 Å². The summed E-state index contributed by atoms with van der Waals surface area (Å²) in [6.07, 6.45) is -3.02. The molecule has 0 spiro atoms. The van der Waals surface area contributed by atoms with Crippen LogP contribution in [0.15, 0.2) is 84.9 Å². The van der Waals surface area contributed by atoms with Gasteiger partial charge in [-0.15, -0.1) is 0 Å². The molecule has 2 bridgehead atoms. The van der Waals surface area contributed by atoms with Gasteiger partial charge in [-0.2, -0.15) is 5.06 Å². The molecule has 12 heteroatoms. The molecule has 4 aliphatic rings. The van der Waals surface area contributed by atoms with Crippen molar-refractivity contribution in [2.24, 2.45) is 5.41 Å². The number of rotatable bonds is 10. The second-order valence-electron chi connectivity index (χ2n) is 11.9. The van der Waals surface area contributed by atoms with Crippen LogP contribution in [0.25, 0.3) is 0 Å². The van der Waals surface area contributed by atoms with Crippen molar-refractivity contribution in [3.8, 4) is 0 Å². The molecule has 0 unspecified atom stereocenters. The fraction of sp³-hybridized carbons (Fsp3) is 0.382. The van der Waals surface area contributed by atoms with E-state index in [0.717, 1.165) is 20.3 Å². The van der Waals surface area contributed by atoms with Crippen LogP contribution in [-0.2, 0) is 45.8 Å². The number of nitrogens with zero attached hydrogens (tertiary/aromatic N) is 1. The summed E-state index contributed by atoms with van der Waals surface area (Å²) in [5.41, 5.74) is 1.04. The summed E-state index contributed by atoms with van der Waals surface area (Å²) in [7, 11) is 0. The van der Waals surface area contributed by atoms with E-state index in [1.807, 2.05) is 84.9 Å². The highest BCUT2D eigenvalue weighted by Gasteiger charge is 2.76. The van der Waals surface area contributed by atoms with Gasteiger partial charge in [0, 0.05) is 40.6 Å². The first-order valence-corrected chi connectivity index (χ1v) is 16.4. The molecule has 0 aromatic heterocycles. The molecule has 3 heterocycles. The van der Waals surface area contributed by atoms with E-state index >= 15 is 0 Å². The van der Waals surface area contributed by atoms with Crippen molar-refractivity contribution in [1.82, 2.24) is 15.7 Å². The van der Waals surface area contributed by atoms with Gasteiger partial charge >= 0.3 is 5.97 Å². The van der Waals surface area contributed by atoms with Crippen molar-refractivity contribution >= 4 is 40.4 Å². The van der Waals surface area contributed by atoms with Gasteiger partial charge in [-0.05, 0) is 40.3 Å². The number of carbonyl (C=O) groups excluding carboxylic acids is 3. The molecule has 3 aromatic rings. The van der Waals surface area contributed by atoms with Gasteiger partial charge < -0.3 is 30.0 Å². The Morgan fingerprint density at radius 3 is 2.28 bits per heavy atom. The van der Waals surface area contributed by atoms with E-state index in [2.05, 4.69) is 33.2 Å². The van der Waals surface area contributed by atoms with Crippen molar-refractivity contribution in [3.05, 3.63) is 105 Å². The van der Waals surface area contributed by atoms with E-state index in [1.165, 1.54) is 0 Å². The quantitative estimate of drug-likeness (QED) is 0.212. The predicted molar refractivity (Wildman–Crippen MR) is 171 cm³/mol. The molecular formula is C34H34IN3O8. The van der Waals surface area contributed by atoms with Crippen LogP contribution in [0.2, 0.25) is 0 Å². The van der Waals surface area contributed by atoms with Crippen molar-refractivity contribution < 1.29 is 38.5 Å². The zero-order valence-electron chi connectivity index (χ0n) is 24.8. The molecular weight excluding hydrogens is 705 g/mol. The third kappa shape index (κ3) is 5.30. The molecule has 3 aromatic carbocycles. The number of esters is 1. The highest BCUT2D eigenvalue weighted by molar-refractivity contribution is 14.1. The Labute approximate surface area is 279 Å². The second-order valence-corrected chi connectivity index (χ2v) is 13.2. The predicted octanol–water partition coefficient (Wildman–Crippen LogP) is 2.39. The first-order chi connectivity index (χ1) is 22.4. The Morgan fingerprint density at radius 1 is 0.913 bits per heavy atom. The van der Waals surface area contributed by atoms with Crippen LogP contribution >= 0.6 is 22.6 Å². The highest BCUT2D eigenvalue weighted by atomic mass is 127. The zero-order chi connectivity index (χ0) is 31.9. The number of carbonyl (C=O) groups is 3. The molecule has 4 fully saturated rings. The van der Waals surface area contributed by atoms with E-state index in [-0.39, 0.29) is 45.0 Å². The monoisotopic (exact) mass is 739 g/mol.